The number of likely N-dealkylation sites (tertiary alicyclic amines) is 1. The molecule has 2 saturated heterocycles. The predicted octanol–water partition coefficient (Wildman–Crippen LogP) is 1.34. The highest BCUT2D eigenvalue weighted by molar-refractivity contribution is 5.10. The lowest BCUT2D eigenvalue weighted by molar-refractivity contribution is -0.121. The molecule has 7 nitrogen and oxygen atoms in total. The van der Waals surface area contributed by atoms with Crippen LogP contribution in [0, 0.1) is 0 Å². The van der Waals surface area contributed by atoms with Gasteiger partial charge in [-0.25, -0.2) is 4.68 Å². The van der Waals surface area contributed by atoms with Gasteiger partial charge in [0.15, 0.2) is 0 Å². The molecule has 136 valence electrons. The second-order valence-corrected chi connectivity index (χ2v) is 7.52. The van der Waals surface area contributed by atoms with Crippen molar-refractivity contribution in [3.8, 4) is 0 Å². The zero-order chi connectivity index (χ0) is 17.2. The topological polar surface area (TPSA) is 72.6 Å². The Morgan fingerprint density at radius 2 is 2.08 bits per heavy atom. The van der Waals surface area contributed by atoms with E-state index in [-0.39, 0.29) is 11.6 Å². The number of methoxy groups -OCH3 is 1. The lowest BCUT2D eigenvalue weighted by atomic mass is 9.87. The van der Waals surface area contributed by atoms with Crippen molar-refractivity contribution in [3.63, 3.8) is 0 Å². The molecule has 0 aliphatic carbocycles. The number of hydrogen-bond donors (Lipinski definition) is 1. The molecular formula is C17H30N4O3. The lowest BCUT2D eigenvalue weighted by Crippen LogP contribution is -2.54. The van der Waals surface area contributed by atoms with Crippen LogP contribution < -0.4 is 0 Å². The average Bonchev–Trinajstić information content (AvgIpc) is 3.07. The maximum absolute atomic E-state index is 11.2. The van der Waals surface area contributed by atoms with Crippen LogP contribution in [0.2, 0.25) is 0 Å². The fraction of sp³-hybridized carbons (Fsp3) is 0.882. The second kappa shape index (κ2) is 7.07. The molecule has 3 heterocycles. The molecule has 0 spiro atoms. The van der Waals surface area contributed by atoms with Gasteiger partial charge < -0.3 is 14.6 Å². The van der Waals surface area contributed by atoms with Gasteiger partial charge in [0, 0.05) is 52.3 Å². The first-order valence-corrected chi connectivity index (χ1v) is 8.96. The van der Waals surface area contributed by atoms with E-state index < -0.39 is 5.60 Å². The normalized spacial score (nSPS) is 28.4. The zero-order valence-electron chi connectivity index (χ0n) is 15.1. The number of aliphatic hydroxyl groups is 1. The van der Waals surface area contributed by atoms with Crippen molar-refractivity contribution in [2.24, 2.45) is 0 Å². The maximum atomic E-state index is 11.2. The highest BCUT2D eigenvalue weighted by atomic mass is 16.5. The summed E-state index contributed by atoms with van der Waals surface area (Å²) in [7, 11) is 1.79. The monoisotopic (exact) mass is 338 g/mol. The van der Waals surface area contributed by atoms with E-state index in [2.05, 4.69) is 29.1 Å². The third kappa shape index (κ3) is 3.64. The molecule has 7 heteroatoms. The Kier molecular flexibility index (Phi) is 5.24. The third-order valence-electron chi connectivity index (χ3n) is 5.41. The van der Waals surface area contributed by atoms with Crippen molar-refractivity contribution in [1.29, 1.82) is 0 Å². The van der Waals surface area contributed by atoms with Crippen LogP contribution in [0.5, 0.6) is 0 Å². The summed E-state index contributed by atoms with van der Waals surface area (Å²) in [5.41, 5.74) is -0.406. The van der Waals surface area contributed by atoms with Gasteiger partial charge in [0.1, 0.15) is 11.3 Å². The molecular weight excluding hydrogens is 308 g/mol. The molecule has 0 radical (unpaired) electrons. The Labute approximate surface area is 143 Å². The van der Waals surface area contributed by atoms with Crippen molar-refractivity contribution in [2.75, 3.05) is 40.0 Å². The molecule has 0 amide bonds. The molecule has 24 heavy (non-hydrogen) atoms. The fourth-order valence-electron chi connectivity index (χ4n) is 3.79. The molecule has 2 fully saturated rings. The Morgan fingerprint density at radius 3 is 2.71 bits per heavy atom. The first-order valence-electron chi connectivity index (χ1n) is 8.96. The highest BCUT2D eigenvalue weighted by Crippen LogP contribution is 2.33. The largest absolute Gasteiger partial charge is 0.382 e. The van der Waals surface area contributed by atoms with Crippen molar-refractivity contribution < 1.29 is 14.6 Å². The second-order valence-electron chi connectivity index (χ2n) is 7.52. The smallest absolute Gasteiger partial charge is 0.123 e. The third-order valence-corrected chi connectivity index (χ3v) is 5.41. The Hall–Kier alpha value is -1.02. The average molecular weight is 338 g/mol. The summed E-state index contributed by atoms with van der Waals surface area (Å²) in [5, 5.41) is 19.6. The summed E-state index contributed by atoms with van der Waals surface area (Å²) in [5.74, 6) is 0. The van der Waals surface area contributed by atoms with E-state index in [0.717, 1.165) is 52.0 Å². The zero-order valence-corrected chi connectivity index (χ0v) is 15.1. The van der Waals surface area contributed by atoms with Crippen LogP contribution in [0.1, 0.15) is 51.3 Å². The fourth-order valence-corrected chi connectivity index (χ4v) is 3.79. The van der Waals surface area contributed by atoms with E-state index >= 15 is 0 Å². The van der Waals surface area contributed by atoms with E-state index in [1.54, 1.807) is 11.8 Å². The number of nitrogens with zero attached hydrogens (tertiary/aromatic N) is 4. The van der Waals surface area contributed by atoms with E-state index in [1.165, 1.54) is 0 Å². The van der Waals surface area contributed by atoms with Gasteiger partial charge in [-0.05, 0) is 33.2 Å². The predicted molar refractivity (Wildman–Crippen MR) is 89.8 cm³/mol. The molecule has 1 aromatic heterocycles. The Morgan fingerprint density at radius 1 is 1.33 bits per heavy atom. The molecule has 2 aliphatic rings. The first-order chi connectivity index (χ1) is 11.5. The molecule has 1 N–H and O–H groups in total. The van der Waals surface area contributed by atoms with Crippen LogP contribution in [-0.2, 0) is 15.1 Å². The van der Waals surface area contributed by atoms with Gasteiger partial charge in [0.25, 0.3) is 0 Å². The minimum Gasteiger partial charge on any atom is -0.382 e. The SMILES string of the molecule is COC1(CN2CCCC(O)(c3cn(C(C)C)nn3)C2)CCOCC1. The van der Waals surface area contributed by atoms with Crippen LogP contribution in [-0.4, -0.2) is 70.6 Å². The van der Waals surface area contributed by atoms with Crippen LogP contribution in [0.25, 0.3) is 0 Å². The minimum atomic E-state index is -0.925. The van der Waals surface area contributed by atoms with Gasteiger partial charge in [0.2, 0.25) is 0 Å². The molecule has 2 aliphatic heterocycles. The number of hydrogen-bond acceptors (Lipinski definition) is 6. The van der Waals surface area contributed by atoms with Gasteiger partial charge in [-0.2, -0.15) is 0 Å². The first kappa shape index (κ1) is 17.8. The number of rotatable bonds is 5. The molecule has 1 atom stereocenters. The summed E-state index contributed by atoms with van der Waals surface area (Å²) < 4.78 is 13.1. The van der Waals surface area contributed by atoms with Crippen molar-refractivity contribution in [3.05, 3.63) is 11.9 Å². The molecule has 1 unspecified atom stereocenters. The number of ether oxygens (including phenoxy) is 2. The van der Waals surface area contributed by atoms with Crippen LogP contribution >= 0.6 is 0 Å². The summed E-state index contributed by atoms with van der Waals surface area (Å²) in [6, 6.07) is 0.244. The molecule has 0 saturated carbocycles. The summed E-state index contributed by atoms with van der Waals surface area (Å²) in [6.45, 7) is 7.99. The quantitative estimate of drug-likeness (QED) is 0.873. The van der Waals surface area contributed by atoms with Crippen LogP contribution in [0.3, 0.4) is 0 Å². The summed E-state index contributed by atoms with van der Waals surface area (Å²) >= 11 is 0. The van der Waals surface area contributed by atoms with Crippen molar-refractivity contribution in [2.45, 2.75) is 56.8 Å². The molecule has 1 aromatic rings. The van der Waals surface area contributed by atoms with Gasteiger partial charge in [-0.1, -0.05) is 5.21 Å². The van der Waals surface area contributed by atoms with E-state index in [9.17, 15) is 5.11 Å². The number of aromatic nitrogens is 3. The standard InChI is InChI=1S/C17H30N4O3/c1-14(2)21-11-15(18-19-21)17(22)5-4-8-20(13-17)12-16(23-3)6-9-24-10-7-16/h11,14,22H,4-10,12-13H2,1-3H3. The van der Waals surface area contributed by atoms with Gasteiger partial charge in [-0.15, -0.1) is 5.10 Å². The molecule has 0 aromatic carbocycles. The van der Waals surface area contributed by atoms with Gasteiger partial charge >= 0.3 is 0 Å². The van der Waals surface area contributed by atoms with Crippen molar-refractivity contribution in [1.82, 2.24) is 19.9 Å². The summed E-state index contributed by atoms with van der Waals surface area (Å²) in [6.07, 6.45) is 5.36. The Bertz CT molecular complexity index is 542. The highest BCUT2D eigenvalue weighted by Gasteiger charge is 2.41. The van der Waals surface area contributed by atoms with Crippen molar-refractivity contribution >= 4 is 0 Å². The minimum absolute atomic E-state index is 0.161. The van der Waals surface area contributed by atoms with E-state index in [0.29, 0.717) is 12.2 Å². The lowest BCUT2D eigenvalue weighted by Gasteiger charge is -2.44. The van der Waals surface area contributed by atoms with Gasteiger partial charge in [-0.3, -0.25) is 4.90 Å². The Balaban J connectivity index is 1.70. The van der Waals surface area contributed by atoms with E-state index in [4.69, 9.17) is 9.47 Å². The van der Waals surface area contributed by atoms with E-state index in [1.807, 2.05) is 6.20 Å². The van der Waals surface area contributed by atoms with Crippen LogP contribution in [0.4, 0.5) is 0 Å². The number of piperidine rings is 1. The maximum Gasteiger partial charge on any atom is 0.123 e. The van der Waals surface area contributed by atoms with Gasteiger partial charge in [0.05, 0.1) is 11.8 Å². The molecule has 3 rings (SSSR count). The molecule has 0 bridgehead atoms. The van der Waals surface area contributed by atoms with Crippen LogP contribution in [0.15, 0.2) is 6.20 Å². The number of β-amino-alcohol motifs (C(OH)–C–C–N with tert-alkyl or cyclic N) is 1. The summed E-state index contributed by atoms with van der Waals surface area (Å²) in [4.78, 5) is 2.31.